The first-order valence-electron chi connectivity index (χ1n) is 12.2. The van der Waals surface area contributed by atoms with Gasteiger partial charge in [-0.05, 0) is 77.2 Å². The van der Waals surface area contributed by atoms with Crippen molar-refractivity contribution >= 4 is 18.0 Å². The lowest BCUT2D eigenvalue weighted by Crippen LogP contribution is -2.56. The third-order valence-corrected chi connectivity index (χ3v) is 7.00. The van der Waals surface area contributed by atoms with Crippen LogP contribution in [0.1, 0.15) is 76.5 Å². The summed E-state index contributed by atoms with van der Waals surface area (Å²) in [5.41, 5.74) is 0.440. The number of esters is 1. The number of fused-ring (bicyclic) bond motifs is 1. The van der Waals surface area contributed by atoms with E-state index < -0.39 is 11.7 Å². The summed E-state index contributed by atoms with van der Waals surface area (Å²) in [6.45, 7) is 8.54. The maximum atomic E-state index is 12.6. The number of piperidine rings is 2. The molecule has 4 rings (SSSR count). The molecule has 2 fully saturated rings. The Kier molecular flexibility index (Phi) is 6.98. The highest BCUT2D eigenvalue weighted by Crippen LogP contribution is 2.49. The molecule has 0 spiro atoms. The van der Waals surface area contributed by atoms with Crippen molar-refractivity contribution in [3.63, 3.8) is 0 Å². The second-order valence-corrected chi connectivity index (χ2v) is 9.91. The molecule has 1 aromatic carbocycles. The van der Waals surface area contributed by atoms with E-state index in [4.69, 9.17) is 9.47 Å². The van der Waals surface area contributed by atoms with Crippen LogP contribution in [0.4, 0.5) is 0 Å². The summed E-state index contributed by atoms with van der Waals surface area (Å²) in [7, 11) is 0. The number of phenolic OH excluding ortho intramolecular Hbond substituents is 1. The average Bonchev–Trinajstić information content (AvgIpc) is 2.80. The lowest BCUT2D eigenvalue weighted by molar-refractivity contribution is -0.170. The Balaban J connectivity index is 1.70. The zero-order valence-corrected chi connectivity index (χ0v) is 20.0. The standard InChI is InChI=1S/C26H36N2O5/c1-18(29)32-25-23(28-16-8-5-9-17-28)22-20(33-26(25,2)3)12-10-19(24(22)31)11-13-21(30)27-14-6-4-7-15-27/h10-13,23,25,31H,4-9,14-17H2,1-3H3/b13-11-/t23-,25-/m1/s1. The molecule has 180 valence electrons. The third kappa shape index (κ3) is 5.03. The molecule has 0 aromatic heterocycles. The van der Waals surface area contributed by atoms with Crippen LogP contribution < -0.4 is 4.74 Å². The molecule has 3 heterocycles. The van der Waals surface area contributed by atoms with E-state index >= 15 is 0 Å². The summed E-state index contributed by atoms with van der Waals surface area (Å²) >= 11 is 0. The molecule has 2 atom stereocenters. The number of ether oxygens (including phenoxy) is 2. The van der Waals surface area contributed by atoms with Crippen LogP contribution in [0.25, 0.3) is 6.08 Å². The molecule has 0 radical (unpaired) electrons. The van der Waals surface area contributed by atoms with E-state index in [1.165, 1.54) is 13.3 Å². The van der Waals surface area contributed by atoms with Gasteiger partial charge in [-0.2, -0.15) is 0 Å². The Morgan fingerprint density at radius 1 is 1.06 bits per heavy atom. The number of aromatic hydroxyl groups is 1. The number of carbonyl (C=O) groups is 2. The zero-order valence-electron chi connectivity index (χ0n) is 20.0. The van der Waals surface area contributed by atoms with Gasteiger partial charge in [0.05, 0.1) is 11.6 Å². The Bertz CT molecular complexity index is 914. The van der Waals surface area contributed by atoms with E-state index in [0.29, 0.717) is 16.9 Å². The lowest BCUT2D eigenvalue weighted by atomic mass is 9.83. The van der Waals surface area contributed by atoms with Crippen LogP contribution in [-0.4, -0.2) is 64.7 Å². The van der Waals surface area contributed by atoms with Gasteiger partial charge in [0, 0.05) is 31.7 Å². The Morgan fingerprint density at radius 2 is 1.70 bits per heavy atom. The first-order chi connectivity index (χ1) is 15.8. The Hall–Kier alpha value is -2.54. The van der Waals surface area contributed by atoms with Gasteiger partial charge in [-0.3, -0.25) is 14.5 Å². The third-order valence-electron chi connectivity index (χ3n) is 7.00. The maximum Gasteiger partial charge on any atom is 0.303 e. The summed E-state index contributed by atoms with van der Waals surface area (Å²) in [6, 6.07) is 3.31. The topological polar surface area (TPSA) is 79.3 Å². The van der Waals surface area contributed by atoms with Crippen LogP contribution in [0.2, 0.25) is 0 Å². The van der Waals surface area contributed by atoms with Crippen molar-refractivity contribution in [3.8, 4) is 11.5 Å². The summed E-state index contributed by atoms with van der Waals surface area (Å²) in [6.07, 6.45) is 9.17. The van der Waals surface area contributed by atoms with Gasteiger partial charge in [0.15, 0.2) is 6.10 Å². The quantitative estimate of drug-likeness (QED) is 0.544. The highest BCUT2D eigenvalue weighted by atomic mass is 16.6. The van der Waals surface area contributed by atoms with Gasteiger partial charge in [0.25, 0.3) is 0 Å². The molecule has 7 nitrogen and oxygen atoms in total. The number of nitrogens with zero attached hydrogens (tertiary/aromatic N) is 2. The predicted molar refractivity (Wildman–Crippen MR) is 126 cm³/mol. The van der Waals surface area contributed by atoms with E-state index in [1.54, 1.807) is 18.2 Å². The molecule has 3 aliphatic heterocycles. The molecule has 7 heteroatoms. The van der Waals surface area contributed by atoms with Gasteiger partial charge >= 0.3 is 5.97 Å². The number of amides is 1. The number of likely N-dealkylation sites (tertiary alicyclic amines) is 2. The van der Waals surface area contributed by atoms with Crippen molar-refractivity contribution in [3.05, 3.63) is 29.3 Å². The fourth-order valence-electron chi connectivity index (χ4n) is 5.33. The normalized spacial score (nSPS) is 25.4. The minimum Gasteiger partial charge on any atom is -0.507 e. The molecule has 0 bridgehead atoms. The van der Waals surface area contributed by atoms with E-state index in [-0.39, 0.29) is 23.7 Å². The highest BCUT2D eigenvalue weighted by molar-refractivity contribution is 5.92. The number of hydrogen-bond acceptors (Lipinski definition) is 6. The highest BCUT2D eigenvalue weighted by Gasteiger charge is 2.50. The monoisotopic (exact) mass is 456 g/mol. The number of phenols is 1. The van der Waals surface area contributed by atoms with Crippen LogP contribution in [-0.2, 0) is 14.3 Å². The molecule has 1 N–H and O–H groups in total. The second kappa shape index (κ2) is 9.75. The van der Waals surface area contributed by atoms with Crippen LogP contribution in [0.15, 0.2) is 18.2 Å². The molecule has 2 saturated heterocycles. The van der Waals surface area contributed by atoms with Crippen molar-refractivity contribution < 1.29 is 24.2 Å². The molecule has 0 aliphatic carbocycles. The molecule has 0 saturated carbocycles. The number of rotatable bonds is 4. The van der Waals surface area contributed by atoms with Gasteiger partial charge in [0.1, 0.15) is 17.1 Å². The number of hydrogen-bond donors (Lipinski definition) is 1. The summed E-state index contributed by atoms with van der Waals surface area (Å²) in [4.78, 5) is 28.8. The molecular formula is C26H36N2O5. The number of benzene rings is 1. The van der Waals surface area contributed by atoms with Gasteiger partial charge in [-0.15, -0.1) is 0 Å². The van der Waals surface area contributed by atoms with Gasteiger partial charge < -0.3 is 19.5 Å². The molecule has 3 aliphatic rings. The van der Waals surface area contributed by atoms with Crippen molar-refractivity contribution in [1.82, 2.24) is 9.80 Å². The Labute approximate surface area is 196 Å². The molecule has 33 heavy (non-hydrogen) atoms. The van der Waals surface area contributed by atoms with E-state index in [2.05, 4.69) is 4.90 Å². The minimum absolute atomic E-state index is 0.0328. The molecule has 1 amide bonds. The largest absolute Gasteiger partial charge is 0.507 e. The summed E-state index contributed by atoms with van der Waals surface area (Å²) in [5, 5.41) is 11.4. The first kappa shape index (κ1) is 23.6. The van der Waals surface area contributed by atoms with E-state index in [1.807, 2.05) is 24.8 Å². The fourth-order valence-corrected chi connectivity index (χ4v) is 5.33. The van der Waals surface area contributed by atoms with E-state index in [9.17, 15) is 14.7 Å². The van der Waals surface area contributed by atoms with Gasteiger partial charge in [0.2, 0.25) is 5.91 Å². The van der Waals surface area contributed by atoms with Crippen molar-refractivity contribution in [2.75, 3.05) is 26.2 Å². The lowest BCUT2D eigenvalue weighted by Gasteiger charge is -2.48. The van der Waals surface area contributed by atoms with Crippen molar-refractivity contribution in [2.45, 2.75) is 77.0 Å². The zero-order chi connectivity index (χ0) is 23.6. The van der Waals surface area contributed by atoms with Gasteiger partial charge in [-0.1, -0.05) is 6.42 Å². The molecule has 0 unspecified atom stereocenters. The van der Waals surface area contributed by atoms with Crippen molar-refractivity contribution in [2.24, 2.45) is 0 Å². The average molecular weight is 457 g/mol. The number of carbonyl (C=O) groups excluding carboxylic acids is 2. The molecule has 1 aromatic rings. The van der Waals surface area contributed by atoms with E-state index in [0.717, 1.165) is 58.3 Å². The fraction of sp³-hybridized carbons (Fsp3) is 0.615. The van der Waals surface area contributed by atoms with Crippen LogP contribution >= 0.6 is 0 Å². The second-order valence-electron chi connectivity index (χ2n) is 9.91. The smallest absolute Gasteiger partial charge is 0.303 e. The van der Waals surface area contributed by atoms with Crippen LogP contribution in [0, 0.1) is 0 Å². The summed E-state index contributed by atoms with van der Waals surface area (Å²) < 4.78 is 12.1. The SMILES string of the molecule is CC(=O)O[C@@H]1[C@H](N2CCCCC2)c2c(ccc(/C=C\C(=O)N3CCCCC3)c2O)OC1(C)C. The maximum absolute atomic E-state index is 12.6. The van der Waals surface area contributed by atoms with Gasteiger partial charge in [-0.25, -0.2) is 0 Å². The minimum atomic E-state index is -0.755. The van der Waals surface area contributed by atoms with Crippen LogP contribution in [0.3, 0.4) is 0 Å². The first-order valence-corrected chi connectivity index (χ1v) is 12.2. The van der Waals surface area contributed by atoms with Crippen LogP contribution in [0.5, 0.6) is 11.5 Å². The predicted octanol–water partition coefficient (Wildman–Crippen LogP) is 4.05. The van der Waals surface area contributed by atoms with Crippen molar-refractivity contribution in [1.29, 1.82) is 0 Å². The molecular weight excluding hydrogens is 420 g/mol. The summed E-state index contributed by atoms with van der Waals surface area (Å²) in [5.74, 6) is 0.272. The Morgan fingerprint density at radius 3 is 2.33 bits per heavy atom.